The number of rotatable bonds is 48. The van der Waals surface area contributed by atoms with Crippen LogP contribution in [-0.4, -0.2) is 198 Å². The number of benzene rings is 4. The molecule has 23 heteroatoms. The second kappa shape index (κ2) is 40.3. The average molecular weight is 1190 g/mol. The zero-order valence-corrected chi connectivity index (χ0v) is 51.6. The van der Waals surface area contributed by atoms with E-state index in [4.69, 9.17) is 71.5 Å². The van der Waals surface area contributed by atoms with Gasteiger partial charge in [0.25, 0.3) is 0 Å². The summed E-state index contributed by atoms with van der Waals surface area (Å²) < 4.78 is 110. The molecule has 0 spiro atoms. The molecule has 4 aromatic carbocycles. The molecule has 452 valence electrons. The SMILES string of the molecule is CCOCc1nc2c(NC(c3ccccc3)(c3ccccc3)c3ccccc3)nc3ccccc3c2n1CC(C)(C)OCCOCCOCCOCCOCCOCCOCCOCCOCCOCCOCCOCCOS(=O)(=O)[O-].[Na+]. The molecule has 6 aromatic rings. The number of para-hydroxylation sites is 1. The summed E-state index contributed by atoms with van der Waals surface area (Å²) in [5.41, 5.74) is 4.32. The number of aromatic nitrogens is 3. The number of fused-ring (bicyclic) bond motifs is 3. The fraction of sp³-hybridized carbons (Fsp3) is 0.533. The van der Waals surface area contributed by atoms with Gasteiger partial charge in [-0.25, -0.2) is 18.4 Å². The Morgan fingerprint density at radius 1 is 0.470 bits per heavy atom. The molecule has 0 saturated carbocycles. The molecule has 0 radical (unpaired) electrons. The summed E-state index contributed by atoms with van der Waals surface area (Å²) in [5, 5.41) is 5.00. The standard InChI is InChI=1S/C60H84N4O17S.Na/c1-4-68-48-55-62-56-57(53-22-14-15-23-54(53)61-58(56)63-60(50-16-8-5-9-17-50,51-18-10-6-11-19-51)52-20-12-7-13-21-52)64(55)49-59(2,3)80-46-44-78-42-40-76-38-36-74-34-32-72-30-28-70-26-24-69-25-27-71-29-31-73-33-35-75-37-39-77-41-43-79-45-47-81-82(65,66)67;/h5-23H,4,24-49H2,1-3H3,(H,61,63)(H,65,66,67);/q;+1/p-1. The molecular formula is C60H83N4NaO17S. The summed E-state index contributed by atoms with van der Waals surface area (Å²) in [6.45, 7) is 16.5. The molecule has 0 unspecified atom stereocenters. The van der Waals surface area contributed by atoms with Crippen molar-refractivity contribution in [3.63, 3.8) is 0 Å². The molecule has 0 aliphatic rings. The van der Waals surface area contributed by atoms with Gasteiger partial charge >= 0.3 is 29.6 Å². The van der Waals surface area contributed by atoms with E-state index in [-0.39, 0.29) is 49.4 Å². The molecule has 2 heterocycles. The minimum atomic E-state index is -4.69. The third-order valence-corrected chi connectivity index (χ3v) is 12.9. The molecule has 0 saturated heterocycles. The molecule has 0 fully saturated rings. The first-order chi connectivity index (χ1) is 40.1. The second-order valence-electron chi connectivity index (χ2n) is 19.0. The van der Waals surface area contributed by atoms with Crippen molar-refractivity contribution >= 4 is 38.2 Å². The molecule has 6 rings (SSSR count). The van der Waals surface area contributed by atoms with Gasteiger partial charge in [0.15, 0.2) is 5.82 Å². The minimum Gasteiger partial charge on any atom is -0.726 e. The van der Waals surface area contributed by atoms with Crippen LogP contribution in [0.4, 0.5) is 5.82 Å². The van der Waals surface area contributed by atoms with Gasteiger partial charge in [0, 0.05) is 12.0 Å². The van der Waals surface area contributed by atoms with Crippen molar-refractivity contribution in [2.45, 2.75) is 45.1 Å². The molecule has 0 amide bonds. The summed E-state index contributed by atoms with van der Waals surface area (Å²) in [4.78, 5) is 10.7. The Balaban J connectivity index is 0.0000126. The third kappa shape index (κ3) is 25.4. The predicted octanol–water partition coefficient (Wildman–Crippen LogP) is 3.98. The molecule has 0 atom stereocenters. The molecular weight excluding hydrogens is 1100 g/mol. The van der Waals surface area contributed by atoms with Crippen molar-refractivity contribution < 1.29 is 108 Å². The van der Waals surface area contributed by atoms with E-state index in [0.29, 0.717) is 164 Å². The summed E-state index contributed by atoms with van der Waals surface area (Å²) in [5.74, 6) is 1.44. The summed E-state index contributed by atoms with van der Waals surface area (Å²) >= 11 is 0. The van der Waals surface area contributed by atoms with Gasteiger partial charge < -0.3 is 76.0 Å². The van der Waals surface area contributed by atoms with Crippen molar-refractivity contribution in [2.75, 3.05) is 170 Å². The second-order valence-corrected chi connectivity index (χ2v) is 20.0. The van der Waals surface area contributed by atoms with Gasteiger partial charge in [-0.15, -0.1) is 0 Å². The number of anilines is 1. The van der Waals surface area contributed by atoms with Gasteiger partial charge in [-0.05, 0) is 43.5 Å². The van der Waals surface area contributed by atoms with E-state index in [1.54, 1.807) is 0 Å². The van der Waals surface area contributed by atoms with E-state index in [1.165, 1.54) is 0 Å². The van der Waals surface area contributed by atoms with Crippen LogP contribution in [0.2, 0.25) is 0 Å². The first kappa shape index (κ1) is 69.7. The molecule has 0 aliphatic carbocycles. The normalized spacial score (nSPS) is 12.1. The molecule has 0 bridgehead atoms. The Kier molecular flexibility index (Phi) is 33.8. The zero-order valence-electron chi connectivity index (χ0n) is 48.8. The maximum absolute atomic E-state index is 10.3. The average Bonchev–Trinajstić information content (AvgIpc) is 2.23. The van der Waals surface area contributed by atoms with E-state index < -0.39 is 21.5 Å². The molecule has 0 aliphatic heterocycles. The van der Waals surface area contributed by atoms with Crippen molar-refractivity contribution in [1.29, 1.82) is 0 Å². The van der Waals surface area contributed by atoms with Crippen LogP contribution < -0.4 is 34.9 Å². The van der Waals surface area contributed by atoms with Crippen LogP contribution in [-0.2, 0) is 94.9 Å². The fourth-order valence-corrected chi connectivity index (χ4v) is 8.97. The zero-order chi connectivity index (χ0) is 57.8. The van der Waals surface area contributed by atoms with Gasteiger partial charge in [0.05, 0.1) is 182 Å². The van der Waals surface area contributed by atoms with Crippen LogP contribution in [0.1, 0.15) is 43.3 Å². The Bertz CT molecular complexity index is 2650. The van der Waals surface area contributed by atoms with E-state index in [9.17, 15) is 13.0 Å². The number of pyridine rings is 1. The van der Waals surface area contributed by atoms with Gasteiger partial charge in [0.2, 0.25) is 10.4 Å². The molecule has 1 N–H and O–H groups in total. The van der Waals surface area contributed by atoms with Gasteiger partial charge in [-0.3, -0.25) is 4.18 Å². The van der Waals surface area contributed by atoms with Crippen molar-refractivity contribution in [3.05, 3.63) is 138 Å². The number of imidazole rings is 1. The van der Waals surface area contributed by atoms with Gasteiger partial charge in [-0.1, -0.05) is 109 Å². The first-order valence-corrected chi connectivity index (χ1v) is 29.3. The van der Waals surface area contributed by atoms with E-state index >= 15 is 0 Å². The summed E-state index contributed by atoms with van der Waals surface area (Å²) in [6, 6.07) is 39.7. The Morgan fingerprint density at radius 3 is 1.19 bits per heavy atom. The van der Waals surface area contributed by atoms with Gasteiger partial charge in [-0.2, -0.15) is 0 Å². The number of ether oxygens (including phenoxy) is 13. The van der Waals surface area contributed by atoms with Gasteiger partial charge in [0.1, 0.15) is 23.5 Å². The summed E-state index contributed by atoms with van der Waals surface area (Å²) in [6.07, 6.45) is 0. The molecule has 83 heavy (non-hydrogen) atoms. The van der Waals surface area contributed by atoms with Crippen molar-refractivity contribution in [2.24, 2.45) is 0 Å². The van der Waals surface area contributed by atoms with Crippen LogP contribution in [0.25, 0.3) is 21.9 Å². The topological polar surface area (TPSA) is 229 Å². The van der Waals surface area contributed by atoms with Crippen LogP contribution in [0.15, 0.2) is 115 Å². The van der Waals surface area contributed by atoms with Crippen molar-refractivity contribution in [3.8, 4) is 0 Å². The first-order valence-electron chi connectivity index (χ1n) is 28.0. The number of nitrogens with one attached hydrogen (secondary N) is 1. The quantitative estimate of drug-likeness (QED) is 0.0187. The van der Waals surface area contributed by atoms with E-state index in [2.05, 4.69) is 113 Å². The number of hydrogen-bond donors (Lipinski definition) is 1. The smallest absolute Gasteiger partial charge is 0.726 e. The number of nitrogens with zero attached hydrogens (tertiary/aromatic N) is 3. The molecule has 21 nitrogen and oxygen atoms in total. The predicted molar refractivity (Wildman–Crippen MR) is 308 cm³/mol. The minimum absolute atomic E-state index is 0. The largest absolute Gasteiger partial charge is 1.00 e. The van der Waals surface area contributed by atoms with Crippen LogP contribution in [0, 0.1) is 0 Å². The number of hydrogen-bond acceptors (Lipinski definition) is 20. The Morgan fingerprint density at radius 2 is 0.819 bits per heavy atom. The van der Waals surface area contributed by atoms with Crippen LogP contribution in [0.5, 0.6) is 0 Å². The third-order valence-electron chi connectivity index (χ3n) is 12.5. The fourth-order valence-electron chi connectivity index (χ4n) is 8.70. The maximum Gasteiger partial charge on any atom is 1.00 e. The van der Waals surface area contributed by atoms with Crippen LogP contribution in [0.3, 0.4) is 0 Å². The van der Waals surface area contributed by atoms with E-state index in [1.807, 2.05) is 37.3 Å². The van der Waals surface area contributed by atoms with Crippen molar-refractivity contribution in [1.82, 2.24) is 14.5 Å². The summed E-state index contributed by atoms with van der Waals surface area (Å²) in [7, 11) is -4.69. The Labute approximate surface area is 511 Å². The maximum atomic E-state index is 10.3. The molecule has 2 aromatic heterocycles. The Hall–Kier alpha value is -4.09. The van der Waals surface area contributed by atoms with E-state index in [0.717, 1.165) is 44.5 Å². The van der Waals surface area contributed by atoms with Crippen LogP contribution >= 0.6 is 0 Å². The monoisotopic (exact) mass is 1190 g/mol.